The molecule has 0 radical (unpaired) electrons. The Morgan fingerprint density at radius 3 is 2.75 bits per heavy atom. The standard InChI is InChI=1S/C11H10Cl2N2O/c1-4-11(2,3)15-10(16)7-5-9(13)14-6-8(7)12/h1,5-6H,2-3H3,(H,15,16). The molecule has 1 heterocycles. The van der Waals surface area contributed by atoms with Gasteiger partial charge in [-0.2, -0.15) is 0 Å². The third kappa shape index (κ3) is 3.13. The summed E-state index contributed by atoms with van der Waals surface area (Å²) in [6.07, 6.45) is 6.59. The molecule has 1 aromatic heterocycles. The van der Waals surface area contributed by atoms with Crippen LogP contribution in [0.5, 0.6) is 0 Å². The molecule has 0 atom stereocenters. The van der Waals surface area contributed by atoms with Gasteiger partial charge in [0.1, 0.15) is 5.15 Å². The molecular formula is C11H10Cl2N2O. The second kappa shape index (κ2) is 4.73. The molecule has 16 heavy (non-hydrogen) atoms. The highest BCUT2D eigenvalue weighted by Gasteiger charge is 2.20. The van der Waals surface area contributed by atoms with Crippen molar-refractivity contribution in [2.24, 2.45) is 0 Å². The second-order valence-electron chi connectivity index (χ2n) is 3.71. The number of halogens is 2. The molecule has 1 aromatic rings. The van der Waals surface area contributed by atoms with Crippen LogP contribution in [0.2, 0.25) is 10.2 Å². The summed E-state index contributed by atoms with van der Waals surface area (Å²) >= 11 is 11.5. The molecule has 1 rings (SSSR count). The van der Waals surface area contributed by atoms with Gasteiger partial charge in [0.25, 0.3) is 5.91 Å². The van der Waals surface area contributed by atoms with Crippen LogP contribution >= 0.6 is 23.2 Å². The van der Waals surface area contributed by atoms with E-state index in [9.17, 15) is 4.79 Å². The van der Waals surface area contributed by atoms with Crippen LogP contribution in [-0.2, 0) is 0 Å². The highest BCUT2D eigenvalue weighted by atomic mass is 35.5. The van der Waals surface area contributed by atoms with E-state index in [0.717, 1.165) is 0 Å². The van der Waals surface area contributed by atoms with Crippen LogP contribution in [0.15, 0.2) is 12.3 Å². The lowest BCUT2D eigenvalue weighted by Gasteiger charge is -2.19. The summed E-state index contributed by atoms with van der Waals surface area (Å²) in [5.74, 6) is 2.07. The fourth-order valence-electron chi connectivity index (χ4n) is 0.974. The highest BCUT2D eigenvalue weighted by Crippen LogP contribution is 2.18. The van der Waals surface area contributed by atoms with Gasteiger partial charge < -0.3 is 5.32 Å². The van der Waals surface area contributed by atoms with Gasteiger partial charge in [0, 0.05) is 6.20 Å². The fraction of sp³-hybridized carbons (Fsp3) is 0.273. The number of carbonyl (C=O) groups excluding carboxylic acids is 1. The number of hydrogen-bond donors (Lipinski definition) is 1. The zero-order valence-electron chi connectivity index (χ0n) is 8.84. The van der Waals surface area contributed by atoms with Gasteiger partial charge in [0.05, 0.1) is 16.1 Å². The number of terminal acetylenes is 1. The van der Waals surface area contributed by atoms with Gasteiger partial charge in [-0.05, 0) is 19.9 Å². The van der Waals surface area contributed by atoms with Gasteiger partial charge in [0.2, 0.25) is 0 Å². The minimum Gasteiger partial charge on any atom is -0.336 e. The van der Waals surface area contributed by atoms with E-state index in [1.165, 1.54) is 12.3 Å². The summed E-state index contributed by atoms with van der Waals surface area (Å²) < 4.78 is 0. The molecule has 1 amide bonds. The molecule has 0 aromatic carbocycles. The Kier molecular flexibility index (Phi) is 3.79. The van der Waals surface area contributed by atoms with Crippen LogP contribution in [-0.4, -0.2) is 16.4 Å². The van der Waals surface area contributed by atoms with Gasteiger partial charge in [-0.3, -0.25) is 4.79 Å². The zero-order chi connectivity index (χ0) is 12.3. The topological polar surface area (TPSA) is 42.0 Å². The first kappa shape index (κ1) is 12.8. The number of nitrogens with zero attached hydrogens (tertiary/aromatic N) is 1. The lowest BCUT2D eigenvalue weighted by Crippen LogP contribution is -2.42. The number of carbonyl (C=O) groups is 1. The van der Waals surface area contributed by atoms with Crippen molar-refractivity contribution in [2.75, 3.05) is 0 Å². The lowest BCUT2D eigenvalue weighted by molar-refractivity contribution is 0.0930. The summed E-state index contributed by atoms with van der Waals surface area (Å²) in [5.41, 5.74) is -0.485. The molecule has 0 saturated heterocycles. The number of aromatic nitrogens is 1. The third-order valence-corrected chi connectivity index (χ3v) is 2.36. The number of rotatable bonds is 2. The van der Waals surface area contributed by atoms with E-state index >= 15 is 0 Å². The normalized spacial score (nSPS) is 10.7. The number of hydrogen-bond acceptors (Lipinski definition) is 2. The van der Waals surface area contributed by atoms with Crippen molar-refractivity contribution < 1.29 is 4.79 Å². The third-order valence-electron chi connectivity index (χ3n) is 1.85. The Bertz CT molecular complexity index is 464. The van der Waals surface area contributed by atoms with Gasteiger partial charge in [-0.1, -0.05) is 29.1 Å². The Morgan fingerprint density at radius 2 is 2.19 bits per heavy atom. The molecule has 84 valence electrons. The first-order chi connectivity index (χ1) is 7.35. The van der Waals surface area contributed by atoms with E-state index in [1.54, 1.807) is 13.8 Å². The lowest BCUT2D eigenvalue weighted by atomic mass is 10.1. The predicted molar refractivity (Wildman–Crippen MR) is 64.6 cm³/mol. The maximum Gasteiger partial charge on any atom is 0.254 e. The van der Waals surface area contributed by atoms with Gasteiger partial charge >= 0.3 is 0 Å². The monoisotopic (exact) mass is 256 g/mol. The van der Waals surface area contributed by atoms with E-state index in [-0.39, 0.29) is 21.6 Å². The number of pyridine rings is 1. The maximum absolute atomic E-state index is 11.8. The predicted octanol–water partition coefficient (Wildman–Crippen LogP) is 2.53. The smallest absolute Gasteiger partial charge is 0.254 e. The summed E-state index contributed by atoms with van der Waals surface area (Å²) in [4.78, 5) is 15.6. The molecule has 0 fully saturated rings. The van der Waals surface area contributed by atoms with E-state index in [2.05, 4.69) is 16.2 Å². The quantitative estimate of drug-likeness (QED) is 0.653. The Labute approximate surface area is 104 Å². The minimum absolute atomic E-state index is 0.202. The van der Waals surface area contributed by atoms with Crippen molar-refractivity contribution in [3.63, 3.8) is 0 Å². The van der Waals surface area contributed by atoms with Crippen LogP contribution < -0.4 is 5.32 Å². The first-order valence-electron chi connectivity index (χ1n) is 4.47. The first-order valence-corrected chi connectivity index (χ1v) is 5.22. The van der Waals surface area contributed by atoms with E-state index in [0.29, 0.717) is 0 Å². The molecular weight excluding hydrogens is 247 g/mol. The number of nitrogens with one attached hydrogen (secondary N) is 1. The van der Waals surface area contributed by atoms with Crippen molar-refractivity contribution in [1.82, 2.24) is 10.3 Å². The summed E-state index contributed by atoms with van der Waals surface area (Å²) in [5, 5.41) is 3.08. The molecule has 5 heteroatoms. The minimum atomic E-state index is -0.740. The largest absolute Gasteiger partial charge is 0.336 e. The van der Waals surface area contributed by atoms with Crippen LogP contribution in [0.1, 0.15) is 24.2 Å². The zero-order valence-corrected chi connectivity index (χ0v) is 10.4. The number of amides is 1. The second-order valence-corrected chi connectivity index (χ2v) is 4.50. The summed E-state index contributed by atoms with van der Waals surface area (Å²) in [6, 6.07) is 1.39. The molecule has 0 spiro atoms. The van der Waals surface area contributed by atoms with Crippen molar-refractivity contribution in [1.29, 1.82) is 0 Å². The Balaban J connectivity index is 2.98. The van der Waals surface area contributed by atoms with Gasteiger partial charge in [0.15, 0.2) is 0 Å². The Hall–Kier alpha value is -1.24. The molecule has 3 nitrogen and oxygen atoms in total. The maximum atomic E-state index is 11.8. The summed E-state index contributed by atoms with van der Waals surface area (Å²) in [7, 11) is 0. The van der Waals surface area contributed by atoms with E-state index in [4.69, 9.17) is 29.6 Å². The molecule has 1 N–H and O–H groups in total. The van der Waals surface area contributed by atoms with Crippen LogP contribution in [0, 0.1) is 12.3 Å². The molecule has 0 unspecified atom stereocenters. The SMILES string of the molecule is C#CC(C)(C)NC(=O)c1cc(Cl)ncc1Cl. The Morgan fingerprint density at radius 1 is 1.56 bits per heavy atom. The van der Waals surface area contributed by atoms with Crippen molar-refractivity contribution in [3.05, 3.63) is 28.0 Å². The van der Waals surface area contributed by atoms with Crippen molar-refractivity contribution in [2.45, 2.75) is 19.4 Å². The van der Waals surface area contributed by atoms with Crippen molar-refractivity contribution in [3.8, 4) is 12.3 Å². The van der Waals surface area contributed by atoms with E-state index < -0.39 is 5.54 Å². The molecule has 0 aliphatic rings. The van der Waals surface area contributed by atoms with Crippen molar-refractivity contribution >= 4 is 29.1 Å². The van der Waals surface area contributed by atoms with Crippen LogP contribution in [0.3, 0.4) is 0 Å². The average molecular weight is 257 g/mol. The molecule has 0 bridgehead atoms. The van der Waals surface area contributed by atoms with Gasteiger partial charge in [-0.15, -0.1) is 6.42 Å². The van der Waals surface area contributed by atoms with E-state index in [1.807, 2.05) is 0 Å². The fourth-order valence-corrected chi connectivity index (χ4v) is 1.32. The van der Waals surface area contributed by atoms with Crippen LogP contribution in [0.4, 0.5) is 0 Å². The van der Waals surface area contributed by atoms with Crippen LogP contribution in [0.25, 0.3) is 0 Å². The van der Waals surface area contributed by atoms with Gasteiger partial charge in [-0.25, -0.2) is 4.98 Å². The molecule has 0 saturated carbocycles. The molecule has 0 aliphatic heterocycles. The summed E-state index contributed by atoms with van der Waals surface area (Å²) in [6.45, 7) is 3.42. The average Bonchev–Trinajstić information content (AvgIpc) is 2.21. The highest BCUT2D eigenvalue weighted by molar-refractivity contribution is 6.35. The molecule has 0 aliphatic carbocycles.